The molecule has 0 saturated heterocycles. The van der Waals surface area contributed by atoms with E-state index in [9.17, 15) is 0 Å². The minimum Gasteiger partial charge on any atom is -0.396 e. The van der Waals surface area contributed by atoms with Gasteiger partial charge in [-0.1, -0.05) is 47.1 Å². The van der Waals surface area contributed by atoms with Gasteiger partial charge >= 0.3 is 0 Å². The van der Waals surface area contributed by atoms with Gasteiger partial charge < -0.3 is 5.11 Å². The molecule has 1 atom stereocenters. The smallest absolute Gasteiger partial charge is 0.0460 e. The van der Waals surface area contributed by atoms with Crippen LogP contribution < -0.4 is 0 Å². The van der Waals surface area contributed by atoms with Crippen LogP contribution in [0.1, 0.15) is 46.7 Å². The van der Waals surface area contributed by atoms with Crippen LogP contribution in [-0.2, 0) is 6.42 Å². The first-order chi connectivity index (χ1) is 7.74. The van der Waals surface area contributed by atoms with E-state index in [0.717, 1.165) is 12.1 Å². The molecular weight excluding hydrogens is 198 g/mol. The SMILES string of the molecule is CC.CC(CO)Cc1ccccn1.CCC. The first-order valence-corrected chi connectivity index (χ1v) is 6.25. The Labute approximate surface area is 101 Å². The largest absolute Gasteiger partial charge is 0.396 e. The van der Waals surface area contributed by atoms with Crippen LogP contribution in [0.25, 0.3) is 0 Å². The molecule has 0 bridgehead atoms. The highest BCUT2D eigenvalue weighted by Gasteiger charge is 2.00. The van der Waals surface area contributed by atoms with Gasteiger partial charge in [0.05, 0.1) is 0 Å². The third-order valence-electron chi connectivity index (χ3n) is 1.60. The molecule has 1 rings (SSSR count). The second-order valence-corrected chi connectivity index (χ2v) is 3.52. The fourth-order valence-corrected chi connectivity index (χ4v) is 0.940. The molecule has 0 radical (unpaired) electrons. The van der Waals surface area contributed by atoms with Crippen molar-refractivity contribution in [1.82, 2.24) is 4.98 Å². The van der Waals surface area contributed by atoms with Gasteiger partial charge in [-0.3, -0.25) is 4.98 Å². The van der Waals surface area contributed by atoms with E-state index in [1.165, 1.54) is 6.42 Å². The minimum absolute atomic E-state index is 0.233. The molecule has 2 nitrogen and oxygen atoms in total. The Hall–Kier alpha value is -0.890. The van der Waals surface area contributed by atoms with Gasteiger partial charge in [0.2, 0.25) is 0 Å². The second kappa shape index (κ2) is 14.1. The molecular formula is C14H27NO. The third-order valence-corrected chi connectivity index (χ3v) is 1.60. The average Bonchev–Trinajstić information content (AvgIpc) is 2.34. The van der Waals surface area contributed by atoms with Gasteiger partial charge in [-0.25, -0.2) is 0 Å². The highest BCUT2D eigenvalue weighted by molar-refractivity contribution is 5.03. The maximum atomic E-state index is 8.77. The van der Waals surface area contributed by atoms with Crippen molar-refractivity contribution in [2.24, 2.45) is 5.92 Å². The maximum absolute atomic E-state index is 8.77. The molecule has 0 fully saturated rings. The minimum atomic E-state index is 0.233. The van der Waals surface area contributed by atoms with E-state index in [-0.39, 0.29) is 6.61 Å². The molecule has 1 aromatic heterocycles. The molecule has 0 spiro atoms. The zero-order chi connectivity index (χ0) is 12.8. The van der Waals surface area contributed by atoms with Crippen molar-refractivity contribution in [1.29, 1.82) is 0 Å². The van der Waals surface area contributed by atoms with Gasteiger partial charge in [0.15, 0.2) is 0 Å². The molecule has 0 amide bonds. The van der Waals surface area contributed by atoms with Crippen LogP contribution in [0.4, 0.5) is 0 Å². The van der Waals surface area contributed by atoms with Crippen molar-refractivity contribution in [3.8, 4) is 0 Å². The van der Waals surface area contributed by atoms with E-state index >= 15 is 0 Å². The number of hydrogen-bond donors (Lipinski definition) is 1. The highest BCUT2D eigenvalue weighted by Crippen LogP contribution is 2.03. The van der Waals surface area contributed by atoms with E-state index in [1.807, 2.05) is 39.0 Å². The van der Waals surface area contributed by atoms with Crippen LogP contribution >= 0.6 is 0 Å². The van der Waals surface area contributed by atoms with Gasteiger partial charge in [0.25, 0.3) is 0 Å². The van der Waals surface area contributed by atoms with Gasteiger partial charge in [-0.15, -0.1) is 0 Å². The monoisotopic (exact) mass is 225 g/mol. The van der Waals surface area contributed by atoms with Gasteiger partial charge in [0, 0.05) is 18.5 Å². The molecule has 1 N–H and O–H groups in total. The van der Waals surface area contributed by atoms with E-state index in [0.29, 0.717) is 5.92 Å². The lowest BCUT2D eigenvalue weighted by Crippen LogP contribution is -2.05. The summed E-state index contributed by atoms with van der Waals surface area (Å²) in [5.74, 6) is 0.310. The predicted octanol–water partition coefficient (Wildman–Crippen LogP) is 3.70. The summed E-state index contributed by atoms with van der Waals surface area (Å²) in [7, 11) is 0. The molecule has 1 heterocycles. The second-order valence-electron chi connectivity index (χ2n) is 3.52. The summed E-state index contributed by atoms with van der Waals surface area (Å²) < 4.78 is 0. The molecule has 1 aromatic rings. The van der Waals surface area contributed by atoms with Crippen LogP contribution in [-0.4, -0.2) is 16.7 Å². The van der Waals surface area contributed by atoms with Crippen LogP contribution in [0.3, 0.4) is 0 Å². The Morgan fingerprint density at radius 1 is 1.25 bits per heavy atom. The topological polar surface area (TPSA) is 33.1 Å². The molecule has 0 aromatic carbocycles. The molecule has 0 aliphatic carbocycles. The van der Waals surface area contributed by atoms with E-state index in [2.05, 4.69) is 18.8 Å². The molecule has 0 aliphatic heterocycles. The molecule has 2 heteroatoms. The lowest BCUT2D eigenvalue weighted by atomic mass is 10.1. The Kier molecular flexibility index (Phi) is 15.4. The Balaban J connectivity index is 0. The number of rotatable bonds is 3. The Morgan fingerprint density at radius 3 is 2.19 bits per heavy atom. The van der Waals surface area contributed by atoms with E-state index < -0.39 is 0 Å². The van der Waals surface area contributed by atoms with Gasteiger partial charge in [-0.05, 0) is 24.5 Å². The number of aliphatic hydroxyl groups is 1. The summed E-state index contributed by atoms with van der Waals surface area (Å²) in [6.07, 6.45) is 3.89. The van der Waals surface area contributed by atoms with Gasteiger partial charge in [-0.2, -0.15) is 0 Å². The summed E-state index contributed by atoms with van der Waals surface area (Å²) in [5.41, 5.74) is 1.05. The predicted molar refractivity (Wildman–Crippen MR) is 71.5 cm³/mol. The first kappa shape index (κ1) is 17.5. The van der Waals surface area contributed by atoms with E-state index in [4.69, 9.17) is 5.11 Å². The fourth-order valence-electron chi connectivity index (χ4n) is 0.940. The van der Waals surface area contributed by atoms with Crippen molar-refractivity contribution >= 4 is 0 Å². The summed E-state index contributed by atoms with van der Waals surface area (Å²) in [5, 5.41) is 8.77. The summed E-state index contributed by atoms with van der Waals surface area (Å²) in [6, 6.07) is 5.84. The van der Waals surface area contributed by atoms with Crippen molar-refractivity contribution in [2.45, 2.75) is 47.5 Å². The van der Waals surface area contributed by atoms with Crippen LogP contribution in [0.15, 0.2) is 24.4 Å². The third kappa shape index (κ3) is 11.2. The summed E-state index contributed by atoms with van der Waals surface area (Å²) in [6.45, 7) is 10.5. The lowest BCUT2D eigenvalue weighted by Gasteiger charge is -2.05. The Bertz CT molecular complexity index is 211. The summed E-state index contributed by atoms with van der Waals surface area (Å²) >= 11 is 0. The fraction of sp³-hybridized carbons (Fsp3) is 0.643. The highest BCUT2D eigenvalue weighted by atomic mass is 16.3. The standard InChI is InChI=1S/C9H13NO.C3H8.C2H6/c1-8(7-11)6-9-4-2-3-5-10-9;1-3-2;1-2/h2-5,8,11H,6-7H2,1H3;3H2,1-2H3;1-2H3. The zero-order valence-electron chi connectivity index (χ0n) is 11.4. The van der Waals surface area contributed by atoms with Crippen molar-refractivity contribution in [3.63, 3.8) is 0 Å². The molecule has 0 aliphatic rings. The zero-order valence-corrected chi connectivity index (χ0v) is 11.4. The maximum Gasteiger partial charge on any atom is 0.0460 e. The molecule has 1 unspecified atom stereocenters. The number of pyridine rings is 1. The average molecular weight is 225 g/mol. The lowest BCUT2D eigenvalue weighted by molar-refractivity contribution is 0.236. The van der Waals surface area contributed by atoms with Crippen molar-refractivity contribution in [3.05, 3.63) is 30.1 Å². The number of nitrogens with zero attached hydrogens (tertiary/aromatic N) is 1. The van der Waals surface area contributed by atoms with Gasteiger partial charge in [0.1, 0.15) is 0 Å². The number of aliphatic hydroxyl groups excluding tert-OH is 1. The van der Waals surface area contributed by atoms with Crippen LogP contribution in [0, 0.1) is 5.92 Å². The quantitative estimate of drug-likeness (QED) is 0.851. The first-order valence-electron chi connectivity index (χ1n) is 6.25. The molecule has 16 heavy (non-hydrogen) atoms. The Morgan fingerprint density at radius 2 is 1.81 bits per heavy atom. The molecule has 0 saturated carbocycles. The number of aromatic nitrogens is 1. The normalized spacial score (nSPS) is 10.4. The summed E-state index contributed by atoms with van der Waals surface area (Å²) in [4.78, 5) is 4.16. The van der Waals surface area contributed by atoms with E-state index in [1.54, 1.807) is 6.20 Å². The molecule has 94 valence electrons. The van der Waals surface area contributed by atoms with Crippen molar-refractivity contribution in [2.75, 3.05) is 6.61 Å². The van der Waals surface area contributed by atoms with Crippen molar-refractivity contribution < 1.29 is 5.11 Å². The van der Waals surface area contributed by atoms with Crippen LogP contribution in [0.5, 0.6) is 0 Å². The number of hydrogen-bond acceptors (Lipinski definition) is 2. The van der Waals surface area contributed by atoms with Crippen LogP contribution in [0.2, 0.25) is 0 Å².